The third-order valence-electron chi connectivity index (χ3n) is 3.54. The van der Waals surface area contributed by atoms with E-state index in [2.05, 4.69) is 20.8 Å². The zero-order valence-corrected chi connectivity index (χ0v) is 15.4. The SMILES string of the molecule is O=C(CC1SC(=NN=Cc2c(F)cccc2Cl)NC1=O)Nc1ccccc1. The van der Waals surface area contributed by atoms with Crippen LogP contribution in [0.5, 0.6) is 0 Å². The van der Waals surface area contributed by atoms with Gasteiger partial charge in [0.2, 0.25) is 11.8 Å². The van der Waals surface area contributed by atoms with Gasteiger partial charge in [-0.25, -0.2) is 4.39 Å². The smallest absolute Gasteiger partial charge is 0.240 e. The van der Waals surface area contributed by atoms with Crippen molar-refractivity contribution in [3.05, 3.63) is 64.9 Å². The van der Waals surface area contributed by atoms with Crippen LogP contribution in [0.15, 0.2) is 58.7 Å². The third kappa shape index (κ3) is 5.15. The van der Waals surface area contributed by atoms with Gasteiger partial charge in [0.1, 0.15) is 11.1 Å². The average Bonchev–Trinajstić information content (AvgIpc) is 2.97. The summed E-state index contributed by atoms with van der Waals surface area (Å²) in [5, 5.41) is 12.7. The maximum absolute atomic E-state index is 13.7. The van der Waals surface area contributed by atoms with Gasteiger partial charge in [0, 0.05) is 17.7 Å². The number of carbonyl (C=O) groups excluding carboxylic acids is 2. The second kappa shape index (κ2) is 8.79. The third-order valence-corrected chi connectivity index (χ3v) is 4.94. The van der Waals surface area contributed by atoms with Gasteiger partial charge in [-0.3, -0.25) is 9.59 Å². The highest BCUT2D eigenvalue weighted by molar-refractivity contribution is 8.15. The fourth-order valence-corrected chi connectivity index (χ4v) is 3.40. The molecular weight excluding hydrogens is 391 g/mol. The predicted octanol–water partition coefficient (Wildman–Crippen LogP) is 3.43. The number of rotatable bonds is 5. The molecule has 2 amide bonds. The van der Waals surface area contributed by atoms with Crippen molar-refractivity contribution in [2.24, 2.45) is 10.2 Å². The zero-order valence-electron chi connectivity index (χ0n) is 13.9. The summed E-state index contributed by atoms with van der Waals surface area (Å²) in [6, 6.07) is 13.2. The molecule has 9 heteroatoms. The Morgan fingerprint density at radius 3 is 2.78 bits per heavy atom. The molecule has 0 saturated carbocycles. The van der Waals surface area contributed by atoms with E-state index in [1.807, 2.05) is 6.07 Å². The van der Waals surface area contributed by atoms with Crippen LogP contribution < -0.4 is 10.6 Å². The molecule has 0 bridgehead atoms. The van der Waals surface area contributed by atoms with Crippen LogP contribution in [0, 0.1) is 5.82 Å². The van der Waals surface area contributed by atoms with Crippen molar-refractivity contribution in [3.63, 3.8) is 0 Å². The normalized spacial score (nSPS) is 18.1. The Morgan fingerprint density at radius 2 is 2.04 bits per heavy atom. The van der Waals surface area contributed by atoms with Gasteiger partial charge < -0.3 is 10.6 Å². The van der Waals surface area contributed by atoms with Crippen LogP contribution in [0.2, 0.25) is 5.02 Å². The van der Waals surface area contributed by atoms with E-state index in [1.165, 1.54) is 24.4 Å². The molecule has 3 rings (SSSR count). The van der Waals surface area contributed by atoms with Crippen molar-refractivity contribution in [1.29, 1.82) is 0 Å². The largest absolute Gasteiger partial charge is 0.326 e. The lowest BCUT2D eigenvalue weighted by molar-refractivity contribution is -0.122. The first-order valence-electron chi connectivity index (χ1n) is 7.90. The van der Waals surface area contributed by atoms with Crippen molar-refractivity contribution in [1.82, 2.24) is 5.32 Å². The van der Waals surface area contributed by atoms with Crippen LogP contribution in [0.3, 0.4) is 0 Å². The molecule has 1 saturated heterocycles. The standard InChI is InChI=1S/C18H14ClFN4O2S/c19-13-7-4-8-14(20)12(13)10-21-24-18-23-17(26)15(27-18)9-16(25)22-11-5-2-1-3-6-11/h1-8,10,15H,9H2,(H,22,25)(H,23,24,26). The number of halogens is 2. The predicted molar refractivity (Wildman–Crippen MR) is 106 cm³/mol. The molecule has 2 aromatic carbocycles. The maximum Gasteiger partial charge on any atom is 0.240 e. The number of anilines is 1. The lowest BCUT2D eigenvalue weighted by atomic mass is 10.2. The van der Waals surface area contributed by atoms with Crippen LogP contribution in [0.1, 0.15) is 12.0 Å². The highest BCUT2D eigenvalue weighted by atomic mass is 35.5. The van der Waals surface area contributed by atoms with E-state index in [-0.39, 0.29) is 34.0 Å². The molecule has 2 aromatic rings. The lowest BCUT2D eigenvalue weighted by Crippen LogP contribution is -2.28. The van der Waals surface area contributed by atoms with Gasteiger partial charge in [0.25, 0.3) is 0 Å². The van der Waals surface area contributed by atoms with Crippen molar-refractivity contribution >= 4 is 52.2 Å². The molecule has 2 N–H and O–H groups in total. The quantitative estimate of drug-likeness (QED) is 0.591. The highest BCUT2D eigenvalue weighted by Gasteiger charge is 2.32. The Balaban J connectivity index is 1.59. The van der Waals surface area contributed by atoms with Gasteiger partial charge in [0.15, 0.2) is 5.17 Å². The Kier molecular flexibility index (Phi) is 6.20. The van der Waals surface area contributed by atoms with Crippen molar-refractivity contribution in [2.45, 2.75) is 11.7 Å². The molecule has 27 heavy (non-hydrogen) atoms. The zero-order chi connectivity index (χ0) is 19.2. The first kappa shape index (κ1) is 19.1. The van der Waals surface area contributed by atoms with E-state index in [0.29, 0.717) is 5.69 Å². The monoisotopic (exact) mass is 404 g/mol. The Bertz CT molecular complexity index is 901. The van der Waals surface area contributed by atoms with Gasteiger partial charge in [-0.2, -0.15) is 5.10 Å². The van der Waals surface area contributed by atoms with Crippen LogP contribution >= 0.6 is 23.4 Å². The Morgan fingerprint density at radius 1 is 1.26 bits per heavy atom. The molecule has 138 valence electrons. The minimum atomic E-state index is -0.611. The number of hydrogen-bond acceptors (Lipinski definition) is 5. The summed E-state index contributed by atoms with van der Waals surface area (Å²) >= 11 is 6.99. The molecule has 0 aliphatic carbocycles. The number of hydrogen-bond donors (Lipinski definition) is 2. The molecule has 1 heterocycles. The molecular formula is C18H14ClFN4O2S. The van der Waals surface area contributed by atoms with Gasteiger partial charge in [-0.1, -0.05) is 47.6 Å². The van der Waals surface area contributed by atoms with Crippen LogP contribution in [0.25, 0.3) is 0 Å². The minimum absolute atomic E-state index is 0.00668. The van der Waals surface area contributed by atoms with Gasteiger partial charge >= 0.3 is 0 Å². The highest BCUT2D eigenvalue weighted by Crippen LogP contribution is 2.23. The number of para-hydroxylation sites is 1. The number of amides is 2. The summed E-state index contributed by atoms with van der Waals surface area (Å²) in [6.07, 6.45) is 1.17. The molecule has 6 nitrogen and oxygen atoms in total. The minimum Gasteiger partial charge on any atom is -0.326 e. The fourth-order valence-electron chi connectivity index (χ4n) is 2.26. The van der Waals surface area contributed by atoms with E-state index in [1.54, 1.807) is 24.3 Å². The maximum atomic E-state index is 13.7. The van der Waals surface area contributed by atoms with E-state index < -0.39 is 11.1 Å². The number of benzene rings is 2. The molecule has 1 unspecified atom stereocenters. The topological polar surface area (TPSA) is 82.9 Å². The first-order chi connectivity index (χ1) is 13.0. The van der Waals surface area contributed by atoms with Gasteiger partial charge in [0.05, 0.1) is 11.2 Å². The molecule has 0 spiro atoms. The molecule has 0 radical (unpaired) electrons. The summed E-state index contributed by atoms with van der Waals surface area (Å²) < 4.78 is 13.7. The second-order valence-electron chi connectivity index (χ2n) is 5.50. The van der Waals surface area contributed by atoms with Crippen LogP contribution in [-0.2, 0) is 9.59 Å². The van der Waals surface area contributed by atoms with Crippen LogP contribution in [-0.4, -0.2) is 28.4 Å². The second-order valence-corrected chi connectivity index (χ2v) is 7.10. The summed E-state index contributed by atoms with van der Waals surface area (Å²) in [6.45, 7) is 0. The number of nitrogens with one attached hydrogen (secondary N) is 2. The van der Waals surface area contributed by atoms with Gasteiger partial charge in [-0.15, -0.1) is 5.10 Å². The summed E-state index contributed by atoms with van der Waals surface area (Å²) in [7, 11) is 0. The summed E-state index contributed by atoms with van der Waals surface area (Å²) in [5.74, 6) is -1.14. The number of amidine groups is 1. The van der Waals surface area contributed by atoms with Crippen LogP contribution in [0.4, 0.5) is 10.1 Å². The molecule has 1 atom stereocenters. The Hall–Kier alpha value is -2.71. The van der Waals surface area contributed by atoms with E-state index in [9.17, 15) is 14.0 Å². The Labute approximate surface area is 163 Å². The number of thioether (sulfide) groups is 1. The van der Waals surface area contributed by atoms with E-state index >= 15 is 0 Å². The number of carbonyl (C=O) groups is 2. The molecule has 0 aromatic heterocycles. The fraction of sp³-hybridized carbons (Fsp3) is 0.111. The van der Waals surface area contributed by atoms with E-state index in [4.69, 9.17) is 11.6 Å². The lowest BCUT2D eigenvalue weighted by Gasteiger charge is -2.06. The van der Waals surface area contributed by atoms with Gasteiger partial charge in [-0.05, 0) is 24.3 Å². The molecule has 1 aliphatic rings. The first-order valence-corrected chi connectivity index (χ1v) is 9.16. The molecule has 1 fully saturated rings. The van der Waals surface area contributed by atoms with Crippen molar-refractivity contribution in [3.8, 4) is 0 Å². The average molecular weight is 405 g/mol. The summed E-state index contributed by atoms with van der Waals surface area (Å²) in [4.78, 5) is 24.1. The molecule has 1 aliphatic heterocycles. The number of nitrogens with zero attached hydrogens (tertiary/aromatic N) is 2. The summed E-state index contributed by atoms with van der Waals surface area (Å²) in [5.41, 5.74) is 0.766. The van der Waals surface area contributed by atoms with Crippen molar-refractivity contribution in [2.75, 3.05) is 5.32 Å². The van der Waals surface area contributed by atoms with E-state index in [0.717, 1.165) is 11.8 Å². The van der Waals surface area contributed by atoms with Crippen molar-refractivity contribution < 1.29 is 14.0 Å².